The fourth-order valence-corrected chi connectivity index (χ4v) is 2.25. The van der Waals surface area contributed by atoms with Gasteiger partial charge in [-0.15, -0.1) is 0 Å². The monoisotopic (exact) mass is 292 g/mol. The van der Waals surface area contributed by atoms with Gasteiger partial charge in [0.25, 0.3) is 0 Å². The Labute approximate surface area is 120 Å². The Balaban J connectivity index is 2.11. The van der Waals surface area contributed by atoms with Crippen LogP contribution >= 0.6 is 11.8 Å². The lowest BCUT2D eigenvalue weighted by molar-refractivity contribution is -0.117. The SMILES string of the molecule is CSCC[C@H](N)C(=O)Nc1ccc2oc(=O)ccc2c1. The third kappa shape index (κ3) is 3.61. The highest BCUT2D eigenvalue weighted by Crippen LogP contribution is 2.17. The molecular formula is C14H16N2O3S. The molecular weight excluding hydrogens is 276 g/mol. The number of hydrogen-bond acceptors (Lipinski definition) is 5. The zero-order chi connectivity index (χ0) is 14.5. The van der Waals surface area contributed by atoms with Gasteiger partial charge in [-0.05, 0) is 42.7 Å². The van der Waals surface area contributed by atoms with Crippen LogP contribution in [-0.2, 0) is 4.79 Å². The maximum absolute atomic E-state index is 11.9. The van der Waals surface area contributed by atoms with E-state index in [1.807, 2.05) is 6.26 Å². The second-order valence-corrected chi connectivity index (χ2v) is 5.37. The Morgan fingerprint density at radius 1 is 1.40 bits per heavy atom. The van der Waals surface area contributed by atoms with Gasteiger partial charge >= 0.3 is 5.63 Å². The molecule has 1 amide bonds. The summed E-state index contributed by atoms with van der Waals surface area (Å²) in [7, 11) is 0. The molecule has 6 heteroatoms. The van der Waals surface area contributed by atoms with E-state index in [0.29, 0.717) is 17.7 Å². The summed E-state index contributed by atoms with van der Waals surface area (Å²) in [5, 5.41) is 3.51. The van der Waals surface area contributed by atoms with Gasteiger partial charge in [-0.3, -0.25) is 4.79 Å². The summed E-state index contributed by atoms with van der Waals surface area (Å²) >= 11 is 1.65. The number of anilines is 1. The van der Waals surface area contributed by atoms with Gasteiger partial charge in [0.1, 0.15) is 5.58 Å². The highest BCUT2D eigenvalue weighted by atomic mass is 32.2. The van der Waals surface area contributed by atoms with E-state index in [4.69, 9.17) is 10.2 Å². The van der Waals surface area contributed by atoms with Gasteiger partial charge in [-0.2, -0.15) is 11.8 Å². The van der Waals surface area contributed by atoms with E-state index in [-0.39, 0.29) is 5.91 Å². The Hall–Kier alpha value is -1.79. The fourth-order valence-electron chi connectivity index (χ4n) is 1.76. The van der Waals surface area contributed by atoms with Crippen molar-refractivity contribution >= 4 is 34.3 Å². The van der Waals surface area contributed by atoms with Crippen molar-refractivity contribution in [2.75, 3.05) is 17.3 Å². The highest BCUT2D eigenvalue weighted by molar-refractivity contribution is 7.98. The zero-order valence-electron chi connectivity index (χ0n) is 11.1. The molecule has 0 radical (unpaired) electrons. The van der Waals surface area contributed by atoms with Gasteiger partial charge in [0.2, 0.25) is 5.91 Å². The van der Waals surface area contributed by atoms with Crippen molar-refractivity contribution in [2.24, 2.45) is 5.73 Å². The quantitative estimate of drug-likeness (QED) is 0.821. The van der Waals surface area contributed by atoms with Crippen LogP contribution in [0.25, 0.3) is 11.0 Å². The van der Waals surface area contributed by atoms with E-state index in [9.17, 15) is 9.59 Å². The number of benzene rings is 1. The number of nitrogens with two attached hydrogens (primary N) is 1. The van der Waals surface area contributed by atoms with Gasteiger partial charge in [-0.25, -0.2) is 4.79 Å². The van der Waals surface area contributed by atoms with Crippen molar-refractivity contribution in [3.8, 4) is 0 Å². The number of thioether (sulfide) groups is 1. The first kappa shape index (κ1) is 14.6. The lowest BCUT2D eigenvalue weighted by atomic mass is 10.2. The molecule has 0 aliphatic heterocycles. The minimum atomic E-state index is -0.521. The molecule has 20 heavy (non-hydrogen) atoms. The Morgan fingerprint density at radius 2 is 2.20 bits per heavy atom. The van der Waals surface area contributed by atoms with E-state index in [2.05, 4.69) is 5.32 Å². The molecule has 2 rings (SSSR count). The molecule has 1 aromatic heterocycles. The molecule has 0 spiro atoms. The van der Waals surface area contributed by atoms with Crippen molar-refractivity contribution in [2.45, 2.75) is 12.5 Å². The van der Waals surface area contributed by atoms with Crippen LogP contribution < -0.4 is 16.7 Å². The Kier molecular flexibility index (Phi) is 4.81. The number of rotatable bonds is 5. The molecule has 1 atom stereocenters. The van der Waals surface area contributed by atoms with E-state index < -0.39 is 11.7 Å². The lowest BCUT2D eigenvalue weighted by Crippen LogP contribution is -2.36. The first-order valence-electron chi connectivity index (χ1n) is 6.19. The van der Waals surface area contributed by atoms with Crippen molar-refractivity contribution in [3.63, 3.8) is 0 Å². The van der Waals surface area contributed by atoms with E-state index in [1.54, 1.807) is 36.0 Å². The molecule has 3 N–H and O–H groups in total. The largest absolute Gasteiger partial charge is 0.423 e. The Morgan fingerprint density at radius 3 is 2.95 bits per heavy atom. The number of hydrogen-bond donors (Lipinski definition) is 2. The van der Waals surface area contributed by atoms with Crippen molar-refractivity contribution in [1.82, 2.24) is 0 Å². The van der Waals surface area contributed by atoms with Crippen LogP contribution in [0.4, 0.5) is 5.69 Å². The van der Waals surface area contributed by atoms with Crippen LogP contribution in [0.15, 0.2) is 39.5 Å². The lowest BCUT2D eigenvalue weighted by Gasteiger charge is -2.11. The molecule has 1 aromatic carbocycles. The molecule has 0 saturated heterocycles. The minimum Gasteiger partial charge on any atom is -0.423 e. The van der Waals surface area contributed by atoms with Crippen LogP contribution in [0, 0.1) is 0 Å². The first-order chi connectivity index (χ1) is 9.60. The minimum absolute atomic E-state index is 0.212. The third-order valence-electron chi connectivity index (χ3n) is 2.86. The maximum atomic E-state index is 11.9. The van der Waals surface area contributed by atoms with Gasteiger partial charge in [0.15, 0.2) is 0 Å². The van der Waals surface area contributed by atoms with E-state index >= 15 is 0 Å². The molecule has 0 aliphatic carbocycles. The predicted octanol–water partition coefficient (Wildman–Crippen LogP) is 1.81. The average molecular weight is 292 g/mol. The molecule has 106 valence electrons. The first-order valence-corrected chi connectivity index (χ1v) is 7.59. The molecule has 1 heterocycles. The average Bonchev–Trinajstić information content (AvgIpc) is 2.44. The molecule has 0 bridgehead atoms. The molecule has 0 aliphatic rings. The van der Waals surface area contributed by atoms with Crippen LogP contribution in [0.5, 0.6) is 0 Å². The molecule has 0 fully saturated rings. The third-order valence-corrected chi connectivity index (χ3v) is 3.50. The summed E-state index contributed by atoms with van der Waals surface area (Å²) in [6.07, 6.45) is 2.61. The van der Waals surface area contributed by atoms with Crippen LogP contribution in [0.1, 0.15) is 6.42 Å². The summed E-state index contributed by atoms with van der Waals surface area (Å²) in [5.74, 6) is 0.632. The van der Waals surface area contributed by atoms with Gasteiger partial charge in [0, 0.05) is 17.1 Å². The number of carbonyl (C=O) groups excluding carboxylic acids is 1. The zero-order valence-corrected chi connectivity index (χ0v) is 11.9. The second kappa shape index (κ2) is 6.58. The summed E-state index contributed by atoms with van der Waals surface area (Å²) in [6, 6.07) is 7.57. The number of carbonyl (C=O) groups is 1. The van der Waals surface area contributed by atoms with Crippen molar-refractivity contribution in [3.05, 3.63) is 40.8 Å². The van der Waals surface area contributed by atoms with Crippen molar-refractivity contribution in [1.29, 1.82) is 0 Å². The predicted molar refractivity (Wildman–Crippen MR) is 82.1 cm³/mol. The molecule has 0 unspecified atom stereocenters. The highest BCUT2D eigenvalue weighted by Gasteiger charge is 2.13. The summed E-state index contributed by atoms with van der Waals surface area (Å²) in [4.78, 5) is 23.0. The molecule has 5 nitrogen and oxygen atoms in total. The van der Waals surface area contributed by atoms with Crippen LogP contribution in [0.3, 0.4) is 0 Å². The topological polar surface area (TPSA) is 85.3 Å². The number of fused-ring (bicyclic) bond motifs is 1. The normalized spacial score (nSPS) is 12.3. The van der Waals surface area contributed by atoms with E-state index in [0.717, 1.165) is 11.1 Å². The fraction of sp³-hybridized carbons (Fsp3) is 0.286. The van der Waals surface area contributed by atoms with Crippen LogP contribution in [0.2, 0.25) is 0 Å². The number of nitrogens with one attached hydrogen (secondary N) is 1. The van der Waals surface area contributed by atoms with Crippen molar-refractivity contribution < 1.29 is 9.21 Å². The maximum Gasteiger partial charge on any atom is 0.336 e. The standard InChI is InChI=1S/C14H16N2O3S/c1-20-7-6-11(15)14(18)16-10-3-4-12-9(8-10)2-5-13(17)19-12/h2-5,8,11H,6-7,15H2,1H3,(H,16,18)/t11-/m0/s1. The summed E-state index contributed by atoms with van der Waals surface area (Å²) < 4.78 is 5.03. The van der Waals surface area contributed by atoms with Gasteiger partial charge in [-0.1, -0.05) is 0 Å². The van der Waals surface area contributed by atoms with Crippen LogP contribution in [-0.4, -0.2) is 24.0 Å². The smallest absolute Gasteiger partial charge is 0.336 e. The molecule has 0 saturated carbocycles. The van der Waals surface area contributed by atoms with Gasteiger partial charge < -0.3 is 15.5 Å². The number of amides is 1. The van der Waals surface area contributed by atoms with Gasteiger partial charge in [0.05, 0.1) is 6.04 Å². The Bertz CT molecular complexity index is 669. The summed E-state index contributed by atoms with van der Waals surface area (Å²) in [6.45, 7) is 0. The second-order valence-electron chi connectivity index (χ2n) is 4.38. The molecule has 2 aromatic rings. The summed E-state index contributed by atoms with van der Waals surface area (Å²) in [5.41, 5.74) is 6.53. The van der Waals surface area contributed by atoms with E-state index in [1.165, 1.54) is 6.07 Å².